The van der Waals surface area contributed by atoms with Crippen LogP contribution in [-0.4, -0.2) is 84.4 Å². The Hall–Kier alpha value is -6.21. The summed E-state index contributed by atoms with van der Waals surface area (Å²) in [6, 6.07) is 4.14. The maximum absolute atomic E-state index is 12.7. The quantitative estimate of drug-likeness (QED) is 0.0605. The maximum Gasteiger partial charge on any atom is 0.296 e. The molecule has 0 saturated carbocycles. The SMILES string of the molecule is CCn1c(O)c(/N=N/c2cc(Nc3nc(Cl)nc(Nc4ccc(S(=O)(=O)O)c(Nc5nc(N)nc(Cl)n5)c4)n3)c(S(=O)(=O)O)cc2S(=O)(=O)O)c(C)c(C(N)=O)c1=O. The minimum absolute atomic E-state index is 0.00233. The summed E-state index contributed by atoms with van der Waals surface area (Å²) in [6.45, 7) is 2.41. The van der Waals surface area contributed by atoms with Crippen LogP contribution < -0.4 is 33.0 Å². The Morgan fingerprint density at radius 2 is 1.31 bits per heavy atom. The molecule has 0 radical (unpaired) electrons. The van der Waals surface area contributed by atoms with Crippen molar-refractivity contribution in [2.75, 3.05) is 21.7 Å². The van der Waals surface area contributed by atoms with Crippen LogP contribution in [-0.2, 0) is 36.9 Å². The molecular weight excluding hydrogens is 879 g/mol. The van der Waals surface area contributed by atoms with Gasteiger partial charge < -0.3 is 32.5 Å². The van der Waals surface area contributed by atoms with Crippen molar-refractivity contribution in [3.8, 4) is 5.88 Å². The fourth-order valence-corrected chi connectivity index (χ4v) is 7.26. The first-order valence-electron chi connectivity index (χ1n) is 15.2. The van der Waals surface area contributed by atoms with Gasteiger partial charge in [0.25, 0.3) is 41.8 Å². The molecular formula is C27H24Cl2N14O12S3. The molecule has 0 aliphatic rings. The Morgan fingerprint density at radius 1 is 0.776 bits per heavy atom. The van der Waals surface area contributed by atoms with Crippen molar-refractivity contribution >= 4 is 112 Å². The normalized spacial score (nSPS) is 12.1. The summed E-state index contributed by atoms with van der Waals surface area (Å²) in [5.74, 6) is -3.68. The van der Waals surface area contributed by atoms with Gasteiger partial charge in [0.15, 0.2) is 0 Å². The number of hydrogen-bond acceptors (Lipinski definition) is 21. The zero-order chi connectivity index (χ0) is 43.1. The van der Waals surface area contributed by atoms with E-state index in [4.69, 9.17) is 34.7 Å². The number of carbonyl (C=O) groups excluding carboxylic acids is 1. The third kappa shape index (κ3) is 9.48. The Morgan fingerprint density at radius 3 is 1.84 bits per heavy atom. The number of nitrogens with zero attached hydrogens (tertiary/aromatic N) is 9. The van der Waals surface area contributed by atoms with Crippen molar-refractivity contribution in [2.24, 2.45) is 16.0 Å². The molecule has 26 nitrogen and oxygen atoms in total. The molecule has 0 aliphatic carbocycles. The number of anilines is 7. The summed E-state index contributed by atoms with van der Waals surface area (Å²) in [7, 11) is -15.6. The smallest absolute Gasteiger partial charge is 0.296 e. The molecule has 3 aromatic heterocycles. The highest BCUT2D eigenvalue weighted by Gasteiger charge is 2.27. The zero-order valence-corrected chi connectivity index (χ0v) is 32.8. The second kappa shape index (κ2) is 16.0. The predicted octanol–water partition coefficient (Wildman–Crippen LogP) is 2.63. The van der Waals surface area contributed by atoms with Gasteiger partial charge in [0.1, 0.15) is 31.6 Å². The average molecular weight is 904 g/mol. The molecule has 58 heavy (non-hydrogen) atoms. The van der Waals surface area contributed by atoms with Crippen LogP contribution in [0.3, 0.4) is 0 Å². The molecule has 0 fully saturated rings. The molecule has 5 rings (SSSR count). The molecule has 0 bridgehead atoms. The molecule has 11 N–H and O–H groups in total. The summed E-state index contributed by atoms with van der Waals surface area (Å²) in [5, 5.41) is 24.9. The number of benzene rings is 2. The van der Waals surface area contributed by atoms with E-state index in [1.165, 1.54) is 13.8 Å². The minimum atomic E-state index is -5.36. The first-order chi connectivity index (χ1) is 26.9. The Kier molecular flexibility index (Phi) is 11.8. The van der Waals surface area contributed by atoms with Gasteiger partial charge in [-0.15, -0.1) is 10.2 Å². The van der Waals surface area contributed by atoms with Crippen LogP contribution in [0.5, 0.6) is 5.88 Å². The van der Waals surface area contributed by atoms with E-state index in [0.717, 1.165) is 18.2 Å². The van der Waals surface area contributed by atoms with E-state index in [1.54, 1.807) is 0 Å². The van der Waals surface area contributed by atoms with E-state index in [1.807, 2.05) is 0 Å². The van der Waals surface area contributed by atoms with Gasteiger partial charge in [-0.2, -0.15) is 55.2 Å². The maximum atomic E-state index is 12.7. The minimum Gasteiger partial charge on any atom is -0.493 e. The number of nitrogens with two attached hydrogens (primary N) is 2. The molecule has 31 heteroatoms. The summed E-state index contributed by atoms with van der Waals surface area (Å²) >= 11 is 11.9. The predicted molar refractivity (Wildman–Crippen MR) is 202 cm³/mol. The summed E-state index contributed by atoms with van der Waals surface area (Å²) in [6.07, 6.45) is 0. The first-order valence-corrected chi connectivity index (χ1v) is 20.3. The lowest BCUT2D eigenvalue weighted by atomic mass is 10.1. The molecule has 0 unspecified atom stereocenters. The highest BCUT2D eigenvalue weighted by molar-refractivity contribution is 7.87. The van der Waals surface area contributed by atoms with Crippen LogP contribution in [0, 0.1) is 6.92 Å². The van der Waals surface area contributed by atoms with Gasteiger partial charge in [-0.1, -0.05) is 0 Å². The lowest BCUT2D eigenvalue weighted by Gasteiger charge is -2.14. The largest absolute Gasteiger partial charge is 0.493 e. The zero-order valence-electron chi connectivity index (χ0n) is 28.8. The number of primary amides is 1. The van der Waals surface area contributed by atoms with E-state index in [-0.39, 0.29) is 46.7 Å². The van der Waals surface area contributed by atoms with Gasteiger partial charge in [0.05, 0.1) is 11.4 Å². The molecule has 0 atom stereocenters. The molecule has 0 aliphatic heterocycles. The molecule has 0 spiro atoms. The average Bonchev–Trinajstić information content (AvgIpc) is 3.06. The van der Waals surface area contributed by atoms with Gasteiger partial charge in [-0.3, -0.25) is 27.8 Å². The topological polar surface area (TPSA) is 413 Å². The van der Waals surface area contributed by atoms with Crippen LogP contribution in [0.4, 0.5) is 52.2 Å². The molecule has 0 saturated heterocycles. The van der Waals surface area contributed by atoms with Crippen molar-refractivity contribution < 1.29 is 48.8 Å². The van der Waals surface area contributed by atoms with Crippen molar-refractivity contribution in [1.82, 2.24) is 34.5 Å². The first kappa shape index (κ1) is 42.9. The standard InChI is InChI=1S/C27H24Cl2N14O12S3/c1-3-43-20(45)17(19(30)44)9(2)18(21(43)46)42-41-13-7-12(15(57(50,51)52)8-16(13)58(53,54)55)34-27-38-23(29)37-25(40-27)32-10-4-5-14(56(47,48)49)11(6-10)33-26-36-22(28)35-24(31)39-26/h4-8,46H,3H2,1-2H3,(H2,30,44)(H,47,48,49)(H,50,51,52)(H,53,54,55)(H3,31,33,35,36,39)(H2,32,34,37,38,40)/b42-41+. The van der Waals surface area contributed by atoms with Gasteiger partial charge in [-0.05, 0) is 67.4 Å². The fraction of sp³-hybridized carbons (Fsp3) is 0.111. The summed E-state index contributed by atoms with van der Waals surface area (Å²) in [5.41, 5.74) is 6.63. The number of rotatable bonds is 13. The number of aromatic nitrogens is 7. The van der Waals surface area contributed by atoms with E-state index >= 15 is 0 Å². The van der Waals surface area contributed by atoms with Gasteiger partial charge in [0.2, 0.25) is 40.2 Å². The highest BCUT2D eigenvalue weighted by atomic mass is 35.5. The Bertz CT molecular complexity index is 2950. The number of carbonyl (C=O) groups is 1. The van der Waals surface area contributed by atoms with Crippen LogP contribution in [0.15, 0.2) is 60.0 Å². The second-order valence-corrected chi connectivity index (χ2v) is 16.0. The van der Waals surface area contributed by atoms with Crippen LogP contribution in [0.2, 0.25) is 10.6 Å². The fourth-order valence-electron chi connectivity index (χ4n) is 4.94. The van der Waals surface area contributed by atoms with Crippen molar-refractivity contribution in [1.29, 1.82) is 0 Å². The van der Waals surface area contributed by atoms with E-state index in [9.17, 15) is 53.6 Å². The van der Waals surface area contributed by atoms with Gasteiger partial charge in [0, 0.05) is 17.8 Å². The molecule has 3 heterocycles. The monoisotopic (exact) mass is 902 g/mol. The number of nitrogen functional groups attached to an aromatic ring is 1. The molecule has 306 valence electrons. The van der Waals surface area contributed by atoms with E-state index in [2.05, 4.69) is 56.1 Å². The number of aromatic hydroxyl groups is 1. The number of pyridine rings is 1. The summed E-state index contributed by atoms with van der Waals surface area (Å²) in [4.78, 5) is 44.5. The molecule has 2 aromatic carbocycles. The van der Waals surface area contributed by atoms with Crippen LogP contribution in [0.1, 0.15) is 22.8 Å². The number of azo groups is 1. The third-order valence-electron chi connectivity index (χ3n) is 7.33. The second-order valence-electron chi connectivity index (χ2n) is 11.2. The van der Waals surface area contributed by atoms with E-state index < -0.39 is 102 Å². The number of halogens is 2. The van der Waals surface area contributed by atoms with Crippen molar-refractivity contribution in [3.63, 3.8) is 0 Å². The van der Waals surface area contributed by atoms with Crippen molar-refractivity contribution in [3.05, 3.63) is 62.4 Å². The third-order valence-corrected chi connectivity index (χ3v) is 10.4. The molecule has 1 amide bonds. The Balaban J connectivity index is 1.60. The summed E-state index contributed by atoms with van der Waals surface area (Å²) < 4.78 is 104. The highest BCUT2D eigenvalue weighted by Crippen LogP contribution is 2.38. The lowest BCUT2D eigenvalue weighted by molar-refractivity contribution is 0.0997. The molecule has 5 aromatic rings. The van der Waals surface area contributed by atoms with Gasteiger partial charge >= 0.3 is 0 Å². The number of hydrogen-bond donors (Lipinski definition) is 9. The van der Waals surface area contributed by atoms with Crippen LogP contribution in [0.25, 0.3) is 0 Å². The van der Waals surface area contributed by atoms with Gasteiger partial charge in [-0.25, -0.2) is 0 Å². The van der Waals surface area contributed by atoms with E-state index in [0.29, 0.717) is 10.6 Å². The van der Waals surface area contributed by atoms with Crippen LogP contribution >= 0.6 is 23.2 Å². The number of amides is 1. The lowest BCUT2D eigenvalue weighted by Crippen LogP contribution is -2.30. The van der Waals surface area contributed by atoms with Crippen molar-refractivity contribution in [2.45, 2.75) is 35.1 Å². The Labute approximate surface area is 334 Å². The number of nitrogens with one attached hydrogen (secondary N) is 3.